The monoisotopic (exact) mass is 887 g/mol. The van der Waals surface area contributed by atoms with Gasteiger partial charge in [0.25, 0.3) is 0 Å². The zero-order valence-corrected chi connectivity index (χ0v) is 42.4. The van der Waals surface area contributed by atoms with Gasteiger partial charge in [0.05, 0.1) is 0 Å². The van der Waals surface area contributed by atoms with Crippen LogP contribution in [0.4, 0.5) is 0 Å². The van der Waals surface area contributed by atoms with Gasteiger partial charge >= 0.3 is 17.9 Å². The van der Waals surface area contributed by atoms with Crippen molar-refractivity contribution < 1.29 is 28.6 Å². The standard InChI is InChI=1S/C57H106O6/c1-4-7-10-13-16-19-22-23-24-25-26-27-28-29-30-31-32-33-36-38-41-44-47-50-56(59)62-53-54(63-57(60)51-48-45-42-39-35-21-18-15-12-9-6-3)52-61-55(58)49-46-43-40-37-34-20-17-14-11-8-5-2/h14-15,17-18,54H,4-13,16,19-53H2,1-3H3/b17-14-,18-15-. The second kappa shape index (κ2) is 52.5. The molecule has 0 fully saturated rings. The molecule has 0 radical (unpaired) electrons. The number of ether oxygens (including phenoxy) is 3. The number of rotatable bonds is 51. The SMILES string of the molecule is CCCC/C=C\CCCCCCCC(=O)OCC(COC(=O)CCCCCCCCCCCCCCCCCCCCCCCCC)OC(=O)CCCCCCC/C=C\CCCC. The van der Waals surface area contributed by atoms with E-state index in [0.29, 0.717) is 19.3 Å². The normalized spacial score (nSPS) is 12.1. The van der Waals surface area contributed by atoms with E-state index in [4.69, 9.17) is 14.2 Å². The second-order valence-electron chi connectivity index (χ2n) is 18.8. The van der Waals surface area contributed by atoms with Crippen LogP contribution in [0.2, 0.25) is 0 Å². The van der Waals surface area contributed by atoms with Crippen LogP contribution in [-0.2, 0) is 28.6 Å². The molecule has 0 aromatic rings. The highest BCUT2D eigenvalue weighted by Crippen LogP contribution is 2.17. The van der Waals surface area contributed by atoms with Gasteiger partial charge in [0.15, 0.2) is 6.10 Å². The number of unbranched alkanes of at least 4 members (excludes halogenated alkanes) is 36. The van der Waals surface area contributed by atoms with E-state index in [1.54, 1.807) is 0 Å². The van der Waals surface area contributed by atoms with Gasteiger partial charge in [-0.05, 0) is 57.8 Å². The molecule has 0 aliphatic rings. The minimum absolute atomic E-state index is 0.0735. The summed E-state index contributed by atoms with van der Waals surface area (Å²) in [6, 6.07) is 0. The summed E-state index contributed by atoms with van der Waals surface area (Å²) in [5.41, 5.74) is 0. The first kappa shape index (κ1) is 60.9. The van der Waals surface area contributed by atoms with Crippen LogP contribution < -0.4 is 0 Å². The zero-order chi connectivity index (χ0) is 45.8. The summed E-state index contributed by atoms with van der Waals surface area (Å²) >= 11 is 0. The Labute approximate surface area is 392 Å². The Morgan fingerprint density at radius 3 is 0.841 bits per heavy atom. The van der Waals surface area contributed by atoms with Gasteiger partial charge < -0.3 is 14.2 Å². The lowest BCUT2D eigenvalue weighted by atomic mass is 10.0. The molecule has 0 N–H and O–H groups in total. The van der Waals surface area contributed by atoms with Gasteiger partial charge in [-0.15, -0.1) is 0 Å². The third-order valence-corrected chi connectivity index (χ3v) is 12.4. The number of hydrogen-bond donors (Lipinski definition) is 0. The third-order valence-electron chi connectivity index (χ3n) is 12.4. The maximum atomic E-state index is 12.8. The van der Waals surface area contributed by atoms with Crippen LogP contribution in [0.15, 0.2) is 24.3 Å². The maximum absolute atomic E-state index is 12.8. The average Bonchev–Trinajstić information content (AvgIpc) is 3.28. The molecule has 0 rings (SSSR count). The number of esters is 3. The molecule has 0 spiro atoms. The van der Waals surface area contributed by atoms with Crippen molar-refractivity contribution in [2.24, 2.45) is 0 Å². The highest BCUT2D eigenvalue weighted by molar-refractivity contribution is 5.71. The van der Waals surface area contributed by atoms with Crippen LogP contribution >= 0.6 is 0 Å². The summed E-state index contributed by atoms with van der Waals surface area (Å²) in [5.74, 6) is -0.880. The highest BCUT2D eigenvalue weighted by Gasteiger charge is 2.19. The average molecular weight is 887 g/mol. The molecule has 0 aromatic heterocycles. The predicted octanol–water partition coefficient (Wildman–Crippen LogP) is 18.3. The lowest BCUT2D eigenvalue weighted by Gasteiger charge is -2.18. The van der Waals surface area contributed by atoms with Crippen LogP contribution in [0.5, 0.6) is 0 Å². The Bertz CT molecular complexity index is 1020. The minimum atomic E-state index is -0.773. The highest BCUT2D eigenvalue weighted by atomic mass is 16.6. The smallest absolute Gasteiger partial charge is 0.306 e. The van der Waals surface area contributed by atoms with Gasteiger partial charge in [0.2, 0.25) is 0 Å². The number of carbonyl (C=O) groups is 3. The Hall–Kier alpha value is -2.11. The lowest BCUT2D eigenvalue weighted by Crippen LogP contribution is -2.30. The molecule has 0 aliphatic heterocycles. The Balaban J connectivity index is 4.17. The van der Waals surface area contributed by atoms with Crippen molar-refractivity contribution in [2.75, 3.05) is 13.2 Å². The van der Waals surface area contributed by atoms with Crippen LogP contribution in [-0.4, -0.2) is 37.2 Å². The summed E-state index contributed by atoms with van der Waals surface area (Å²) in [6.07, 6.45) is 60.4. The van der Waals surface area contributed by atoms with Crippen molar-refractivity contribution in [1.82, 2.24) is 0 Å². The predicted molar refractivity (Wildman–Crippen MR) is 270 cm³/mol. The molecule has 0 saturated carbocycles. The quantitative estimate of drug-likeness (QED) is 0.0262. The molecule has 1 unspecified atom stereocenters. The molecule has 0 heterocycles. The van der Waals surface area contributed by atoms with Gasteiger partial charge in [-0.3, -0.25) is 14.4 Å². The molecule has 0 bridgehead atoms. The van der Waals surface area contributed by atoms with E-state index in [1.807, 2.05) is 0 Å². The number of carbonyl (C=O) groups excluding carboxylic acids is 3. The molecule has 6 nitrogen and oxygen atoms in total. The Morgan fingerprint density at radius 2 is 0.540 bits per heavy atom. The molecule has 0 aromatic carbocycles. The topological polar surface area (TPSA) is 78.9 Å². The molecule has 370 valence electrons. The minimum Gasteiger partial charge on any atom is -0.462 e. The molecule has 1 atom stereocenters. The van der Waals surface area contributed by atoms with Crippen molar-refractivity contribution in [2.45, 2.75) is 309 Å². The van der Waals surface area contributed by atoms with E-state index in [1.165, 1.54) is 186 Å². The summed E-state index contributed by atoms with van der Waals surface area (Å²) in [6.45, 7) is 6.58. The fraction of sp³-hybridized carbons (Fsp3) is 0.877. The first-order chi connectivity index (χ1) is 31.0. The van der Waals surface area contributed by atoms with Crippen molar-refractivity contribution >= 4 is 17.9 Å². The summed E-state index contributed by atoms with van der Waals surface area (Å²) < 4.78 is 16.8. The Morgan fingerprint density at radius 1 is 0.302 bits per heavy atom. The molecular formula is C57H106O6. The summed E-state index contributed by atoms with van der Waals surface area (Å²) in [4.78, 5) is 37.9. The van der Waals surface area contributed by atoms with Gasteiger partial charge in [-0.2, -0.15) is 0 Å². The molecular weight excluding hydrogens is 781 g/mol. The molecule has 0 amide bonds. The fourth-order valence-corrected chi connectivity index (χ4v) is 8.17. The van der Waals surface area contributed by atoms with E-state index in [2.05, 4.69) is 45.1 Å². The van der Waals surface area contributed by atoms with Crippen molar-refractivity contribution in [3.8, 4) is 0 Å². The van der Waals surface area contributed by atoms with Crippen LogP contribution in [0.1, 0.15) is 303 Å². The van der Waals surface area contributed by atoms with Gasteiger partial charge in [-0.1, -0.05) is 251 Å². The van der Waals surface area contributed by atoms with E-state index in [0.717, 1.165) is 77.0 Å². The first-order valence-electron chi connectivity index (χ1n) is 27.8. The van der Waals surface area contributed by atoms with Crippen LogP contribution in [0.3, 0.4) is 0 Å². The molecule has 63 heavy (non-hydrogen) atoms. The van der Waals surface area contributed by atoms with E-state index < -0.39 is 6.10 Å². The Kier molecular flexibility index (Phi) is 50.8. The second-order valence-corrected chi connectivity index (χ2v) is 18.8. The van der Waals surface area contributed by atoms with Crippen molar-refractivity contribution in [3.63, 3.8) is 0 Å². The molecule has 0 aliphatic carbocycles. The van der Waals surface area contributed by atoms with Crippen molar-refractivity contribution in [1.29, 1.82) is 0 Å². The molecule has 0 saturated heterocycles. The zero-order valence-electron chi connectivity index (χ0n) is 42.4. The van der Waals surface area contributed by atoms with Crippen LogP contribution in [0, 0.1) is 0 Å². The van der Waals surface area contributed by atoms with Gasteiger partial charge in [-0.25, -0.2) is 0 Å². The van der Waals surface area contributed by atoms with E-state index in [-0.39, 0.29) is 31.1 Å². The van der Waals surface area contributed by atoms with Crippen molar-refractivity contribution in [3.05, 3.63) is 24.3 Å². The molecule has 6 heteroatoms. The summed E-state index contributed by atoms with van der Waals surface area (Å²) in [7, 11) is 0. The van der Waals surface area contributed by atoms with Gasteiger partial charge in [0, 0.05) is 19.3 Å². The fourth-order valence-electron chi connectivity index (χ4n) is 8.17. The van der Waals surface area contributed by atoms with Crippen LogP contribution in [0.25, 0.3) is 0 Å². The van der Waals surface area contributed by atoms with Gasteiger partial charge in [0.1, 0.15) is 13.2 Å². The van der Waals surface area contributed by atoms with E-state index in [9.17, 15) is 14.4 Å². The first-order valence-corrected chi connectivity index (χ1v) is 27.8. The largest absolute Gasteiger partial charge is 0.462 e. The summed E-state index contributed by atoms with van der Waals surface area (Å²) in [5, 5.41) is 0. The number of hydrogen-bond acceptors (Lipinski definition) is 6. The lowest BCUT2D eigenvalue weighted by molar-refractivity contribution is -0.167. The number of allylic oxidation sites excluding steroid dienone is 4. The maximum Gasteiger partial charge on any atom is 0.306 e. The van der Waals surface area contributed by atoms with E-state index >= 15 is 0 Å². The third kappa shape index (κ3) is 50.7.